The molecule has 1 aromatic rings. The van der Waals surface area contributed by atoms with Crippen LogP contribution in [0, 0.1) is 5.92 Å². The SMILES string of the molecule is CC1CCNC(c2nnc3n2CCCC3)C1. The van der Waals surface area contributed by atoms with Gasteiger partial charge in [-0.15, -0.1) is 10.2 Å². The summed E-state index contributed by atoms with van der Waals surface area (Å²) in [6.45, 7) is 4.57. The van der Waals surface area contributed by atoms with Crippen LogP contribution in [0.3, 0.4) is 0 Å². The van der Waals surface area contributed by atoms with Gasteiger partial charge in [0.1, 0.15) is 11.6 Å². The lowest BCUT2D eigenvalue weighted by Gasteiger charge is -2.28. The van der Waals surface area contributed by atoms with Crippen LogP contribution in [-0.4, -0.2) is 21.3 Å². The van der Waals surface area contributed by atoms with Crippen molar-refractivity contribution in [2.24, 2.45) is 5.92 Å². The van der Waals surface area contributed by atoms with Gasteiger partial charge in [-0.3, -0.25) is 0 Å². The molecule has 1 aromatic heterocycles. The van der Waals surface area contributed by atoms with Gasteiger partial charge in [-0.05, 0) is 38.1 Å². The summed E-state index contributed by atoms with van der Waals surface area (Å²) in [5, 5.41) is 12.3. The number of fused-ring (bicyclic) bond motifs is 1. The van der Waals surface area contributed by atoms with Crippen LogP contribution in [0.4, 0.5) is 0 Å². The number of hydrogen-bond acceptors (Lipinski definition) is 3. The van der Waals surface area contributed by atoms with Crippen molar-refractivity contribution in [2.45, 2.75) is 51.6 Å². The molecule has 2 unspecified atom stereocenters. The predicted molar refractivity (Wildman–Crippen MR) is 62.1 cm³/mol. The fourth-order valence-electron chi connectivity index (χ4n) is 2.89. The third kappa shape index (κ3) is 1.75. The number of piperidine rings is 1. The first-order valence-electron chi connectivity index (χ1n) is 6.50. The molecule has 0 aliphatic carbocycles. The van der Waals surface area contributed by atoms with Gasteiger partial charge in [0.2, 0.25) is 0 Å². The van der Waals surface area contributed by atoms with Gasteiger partial charge in [-0.25, -0.2) is 0 Å². The minimum absolute atomic E-state index is 0.433. The van der Waals surface area contributed by atoms with E-state index < -0.39 is 0 Å². The molecule has 1 N–H and O–H groups in total. The van der Waals surface area contributed by atoms with E-state index in [-0.39, 0.29) is 0 Å². The summed E-state index contributed by atoms with van der Waals surface area (Å²) >= 11 is 0. The van der Waals surface area contributed by atoms with Crippen molar-refractivity contribution < 1.29 is 0 Å². The monoisotopic (exact) mass is 220 g/mol. The Kier molecular flexibility index (Phi) is 2.67. The molecule has 2 aliphatic rings. The normalized spacial score (nSPS) is 30.1. The molecule has 2 atom stereocenters. The molecule has 2 aliphatic heterocycles. The van der Waals surface area contributed by atoms with E-state index in [2.05, 4.69) is 27.0 Å². The lowest BCUT2D eigenvalue weighted by Crippen LogP contribution is -2.33. The summed E-state index contributed by atoms with van der Waals surface area (Å²) < 4.78 is 2.35. The zero-order valence-corrected chi connectivity index (χ0v) is 9.95. The molecule has 88 valence electrons. The summed E-state index contributed by atoms with van der Waals surface area (Å²) in [4.78, 5) is 0. The average Bonchev–Trinajstić information content (AvgIpc) is 2.72. The van der Waals surface area contributed by atoms with E-state index in [4.69, 9.17) is 0 Å². The van der Waals surface area contributed by atoms with E-state index >= 15 is 0 Å². The molecule has 0 spiro atoms. The Hall–Kier alpha value is -0.900. The molecule has 1 fully saturated rings. The second-order valence-electron chi connectivity index (χ2n) is 5.22. The van der Waals surface area contributed by atoms with E-state index in [1.807, 2.05) is 0 Å². The van der Waals surface area contributed by atoms with Crippen LogP contribution in [0.2, 0.25) is 0 Å². The molecule has 3 heterocycles. The van der Waals surface area contributed by atoms with Gasteiger partial charge in [-0.1, -0.05) is 6.92 Å². The van der Waals surface area contributed by atoms with Crippen molar-refractivity contribution in [3.05, 3.63) is 11.6 Å². The van der Waals surface area contributed by atoms with Gasteiger partial charge in [0, 0.05) is 13.0 Å². The Labute approximate surface area is 96.4 Å². The molecule has 0 aromatic carbocycles. The second kappa shape index (κ2) is 4.17. The zero-order chi connectivity index (χ0) is 11.0. The highest BCUT2D eigenvalue weighted by Gasteiger charge is 2.26. The van der Waals surface area contributed by atoms with Crippen LogP contribution in [0.25, 0.3) is 0 Å². The van der Waals surface area contributed by atoms with E-state index in [0.29, 0.717) is 6.04 Å². The third-order valence-corrected chi connectivity index (χ3v) is 3.87. The number of aromatic nitrogens is 3. The van der Waals surface area contributed by atoms with Crippen molar-refractivity contribution in [2.75, 3.05) is 6.54 Å². The van der Waals surface area contributed by atoms with Gasteiger partial charge in [0.15, 0.2) is 0 Å². The van der Waals surface area contributed by atoms with E-state index in [1.54, 1.807) is 0 Å². The van der Waals surface area contributed by atoms with E-state index in [0.717, 1.165) is 25.4 Å². The maximum Gasteiger partial charge on any atom is 0.150 e. The smallest absolute Gasteiger partial charge is 0.150 e. The summed E-state index contributed by atoms with van der Waals surface area (Å²) in [5.74, 6) is 3.19. The van der Waals surface area contributed by atoms with Crippen molar-refractivity contribution in [3.8, 4) is 0 Å². The minimum atomic E-state index is 0.433. The Bertz CT molecular complexity index is 371. The largest absolute Gasteiger partial charge is 0.314 e. The fraction of sp³-hybridized carbons (Fsp3) is 0.833. The van der Waals surface area contributed by atoms with Crippen LogP contribution < -0.4 is 5.32 Å². The molecule has 3 rings (SSSR count). The van der Waals surface area contributed by atoms with Crippen molar-refractivity contribution in [1.29, 1.82) is 0 Å². The van der Waals surface area contributed by atoms with Crippen LogP contribution in [-0.2, 0) is 13.0 Å². The first-order chi connectivity index (χ1) is 7.84. The highest BCUT2D eigenvalue weighted by atomic mass is 15.3. The molecule has 4 heteroatoms. The van der Waals surface area contributed by atoms with Gasteiger partial charge in [0.25, 0.3) is 0 Å². The van der Waals surface area contributed by atoms with Crippen LogP contribution in [0.5, 0.6) is 0 Å². The number of aryl methyl sites for hydroxylation is 1. The summed E-state index contributed by atoms with van der Waals surface area (Å²) in [5.41, 5.74) is 0. The highest BCUT2D eigenvalue weighted by molar-refractivity contribution is 5.04. The maximum atomic E-state index is 4.41. The quantitative estimate of drug-likeness (QED) is 0.783. The predicted octanol–water partition coefficient (Wildman–Crippen LogP) is 1.68. The molecule has 0 amide bonds. The lowest BCUT2D eigenvalue weighted by molar-refractivity contribution is 0.306. The first kappa shape index (κ1) is 10.3. The van der Waals surface area contributed by atoms with Gasteiger partial charge < -0.3 is 9.88 Å². The molecule has 16 heavy (non-hydrogen) atoms. The summed E-state index contributed by atoms with van der Waals surface area (Å²) in [6.07, 6.45) is 6.15. The fourth-order valence-corrected chi connectivity index (χ4v) is 2.89. The molecular formula is C12H20N4. The maximum absolute atomic E-state index is 4.41. The molecule has 4 nitrogen and oxygen atoms in total. The average molecular weight is 220 g/mol. The van der Waals surface area contributed by atoms with E-state index in [9.17, 15) is 0 Å². The Morgan fingerprint density at radius 2 is 2.25 bits per heavy atom. The Balaban J connectivity index is 1.85. The topological polar surface area (TPSA) is 42.7 Å². The van der Waals surface area contributed by atoms with Gasteiger partial charge in [-0.2, -0.15) is 0 Å². The first-order valence-corrected chi connectivity index (χ1v) is 6.50. The number of nitrogens with zero attached hydrogens (tertiary/aromatic N) is 3. The van der Waals surface area contributed by atoms with Crippen molar-refractivity contribution in [3.63, 3.8) is 0 Å². The minimum Gasteiger partial charge on any atom is -0.314 e. The zero-order valence-electron chi connectivity index (χ0n) is 9.95. The van der Waals surface area contributed by atoms with Crippen molar-refractivity contribution in [1.82, 2.24) is 20.1 Å². The summed E-state index contributed by atoms with van der Waals surface area (Å²) in [6, 6.07) is 0.433. The van der Waals surface area contributed by atoms with Crippen LogP contribution >= 0.6 is 0 Å². The molecule has 0 radical (unpaired) electrons. The van der Waals surface area contributed by atoms with Gasteiger partial charge >= 0.3 is 0 Å². The molecular weight excluding hydrogens is 200 g/mol. The second-order valence-corrected chi connectivity index (χ2v) is 5.22. The Morgan fingerprint density at radius 1 is 1.31 bits per heavy atom. The Morgan fingerprint density at radius 3 is 3.12 bits per heavy atom. The number of nitrogens with one attached hydrogen (secondary N) is 1. The lowest BCUT2D eigenvalue weighted by atomic mass is 9.94. The van der Waals surface area contributed by atoms with Crippen molar-refractivity contribution >= 4 is 0 Å². The molecule has 0 bridgehead atoms. The van der Waals surface area contributed by atoms with Crippen LogP contribution in [0.1, 0.15) is 50.3 Å². The number of rotatable bonds is 1. The molecule has 1 saturated heterocycles. The van der Waals surface area contributed by atoms with E-state index in [1.165, 1.54) is 37.3 Å². The number of hydrogen-bond donors (Lipinski definition) is 1. The standard InChI is InChI=1S/C12H20N4/c1-9-5-6-13-10(8-9)12-15-14-11-4-2-3-7-16(11)12/h9-10,13H,2-8H2,1H3. The highest BCUT2D eigenvalue weighted by Crippen LogP contribution is 2.27. The van der Waals surface area contributed by atoms with Gasteiger partial charge in [0.05, 0.1) is 6.04 Å². The van der Waals surface area contributed by atoms with Crippen LogP contribution in [0.15, 0.2) is 0 Å². The summed E-state index contributed by atoms with van der Waals surface area (Å²) in [7, 11) is 0. The molecule has 0 saturated carbocycles. The third-order valence-electron chi connectivity index (χ3n) is 3.87.